The van der Waals surface area contributed by atoms with Gasteiger partial charge in [-0.3, -0.25) is 4.99 Å². The Kier molecular flexibility index (Phi) is 1.38. The monoisotopic (exact) mass is 216 g/mol. The van der Waals surface area contributed by atoms with Crippen molar-refractivity contribution in [1.29, 1.82) is 0 Å². The Morgan fingerprint density at radius 3 is 3.20 bits per heavy atom. The third-order valence-electron chi connectivity index (χ3n) is 1.41. The molecule has 0 radical (unpaired) electrons. The summed E-state index contributed by atoms with van der Waals surface area (Å²) in [5.74, 6) is 0.637. The van der Waals surface area contributed by atoms with E-state index in [9.17, 15) is 0 Å². The second kappa shape index (κ2) is 2.13. The number of nitrogens with two attached hydrogens (primary N) is 1. The highest BCUT2D eigenvalue weighted by Crippen LogP contribution is 2.41. The molecule has 52 valence electrons. The first kappa shape index (κ1) is 6.49. The van der Waals surface area contributed by atoms with E-state index >= 15 is 0 Å². The van der Waals surface area contributed by atoms with Crippen LogP contribution in [-0.2, 0) is 0 Å². The molecule has 0 saturated carbocycles. The molecule has 10 heavy (non-hydrogen) atoms. The largest absolute Gasteiger partial charge is 0.384 e. The molecule has 2 rings (SSSR count). The van der Waals surface area contributed by atoms with Crippen LogP contribution in [0.2, 0.25) is 0 Å². The number of nitrogens with zero attached hydrogens (tertiary/aromatic N) is 1. The molecule has 2 aliphatic rings. The fourth-order valence-corrected chi connectivity index (χ4v) is 2.62. The number of hydrogen-bond donors (Lipinski definition) is 1. The summed E-state index contributed by atoms with van der Waals surface area (Å²) in [5.41, 5.74) is 5.50. The average Bonchev–Trinajstić information content (AvgIpc) is 2.35. The van der Waals surface area contributed by atoms with E-state index in [4.69, 9.17) is 5.73 Å². The van der Waals surface area contributed by atoms with Crippen LogP contribution in [-0.4, -0.2) is 11.9 Å². The van der Waals surface area contributed by atoms with Crippen molar-refractivity contribution in [2.24, 2.45) is 10.7 Å². The Bertz CT molecular complexity index is 267. The zero-order valence-corrected chi connectivity index (χ0v) is 7.45. The minimum atomic E-state index is 0.185. The number of fused-ring (bicyclic) bond motifs is 1. The van der Waals surface area contributed by atoms with Crippen LogP contribution in [0.15, 0.2) is 25.9 Å². The number of aliphatic imine (C=N–C) groups is 1. The SMILES string of the molecule is NC1=NC2C(Br)=CSC2=C1. The van der Waals surface area contributed by atoms with Crippen molar-refractivity contribution >= 4 is 33.5 Å². The lowest BCUT2D eigenvalue weighted by atomic mass is 10.3. The van der Waals surface area contributed by atoms with Gasteiger partial charge in [-0.25, -0.2) is 0 Å². The number of hydrogen-bond acceptors (Lipinski definition) is 3. The second-order valence-corrected chi connectivity index (χ2v) is 3.98. The first-order valence-electron chi connectivity index (χ1n) is 2.84. The molecular weight excluding hydrogens is 212 g/mol. The summed E-state index contributed by atoms with van der Waals surface area (Å²) in [6.45, 7) is 0. The van der Waals surface area contributed by atoms with Crippen molar-refractivity contribution in [3.63, 3.8) is 0 Å². The third-order valence-corrected chi connectivity index (χ3v) is 3.36. The zero-order valence-electron chi connectivity index (χ0n) is 5.04. The highest BCUT2D eigenvalue weighted by molar-refractivity contribution is 9.11. The maximum atomic E-state index is 5.50. The van der Waals surface area contributed by atoms with Gasteiger partial charge in [-0.05, 0) is 11.5 Å². The third kappa shape index (κ3) is 0.828. The van der Waals surface area contributed by atoms with Gasteiger partial charge in [-0.2, -0.15) is 0 Å². The number of halogens is 1. The topological polar surface area (TPSA) is 38.4 Å². The molecule has 1 unspecified atom stereocenters. The Hall–Kier alpha value is -0.220. The molecule has 2 heterocycles. The molecule has 0 aromatic heterocycles. The van der Waals surface area contributed by atoms with Gasteiger partial charge in [0.15, 0.2) is 0 Å². The van der Waals surface area contributed by atoms with E-state index in [1.165, 1.54) is 4.91 Å². The minimum Gasteiger partial charge on any atom is -0.384 e. The molecule has 1 atom stereocenters. The fraction of sp³-hybridized carbons (Fsp3) is 0.167. The summed E-state index contributed by atoms with van der Waals surface area (Å²) in [6.07, 6.45) is 1.92. The smallest absolute Gasteiger partial charge is 0.120 e. The lowest BCUT2D eigenvalue weighted by Gasteiger charge is -1.98. The lowest BCUT2D eigenvalue weighted by Crippen LogP contribution is -2.05. The molecule has 2 aliphatic heterocycles. The summed E-state index contributed by atoms with van der Waals surface area (Å²) in [6, 6.07) is 0.185. The second-order valence-electron chi connectivity index (χ2n) is 2.12. The van der Waals surface area contributed by atoms with E-state index in [1.54, 1.807) is 11.8 Å². The molecule has 0 fully saturated rings. The summed E-state index contributed by atoms with van der Waals surface area (Å²) in [7, 11) is 0. The number of thioether (sulfide) groups is 1. The van der Waals surface area contributed by atoms with Crippen molar-refractivity contribution < 1.29 is 0 Å². The average molecular weight is 217 g/mol. The lowest BCUT2D eigenvalue weighted by molar-refractivity contribution is 1.03. The van der Waals surface area contributed by atoms with E-state index in [-0.39, 0.29) is 6.04 Å². The Morgan fingerprint density at radius 2 is 2.50 bits per heavy atom. The van der Waals surface area contributed by atoms with Gasteiger partial charge in [-0.1, -0.05) is 27.7 Å². The molecule has 0 aromatic rings. The minimum absolute atomic E-state index is 0.185. The Morgan fingerprint density at radius 1 is 1.70 bits per heavy atom. The molecule has 0 bridgehead atoms. The molecule has 0 aliphatic carbocycles. The quantitative estimate of drug-likeness (QED) is 0.669. The van der Waals surface area contributed by atoms with Gasteiger partial charge < -0.3 is 5.73 Å². The zero-order chi connectivity index (χ0) is 7.14. The molecule has 4 heteroatoms. The van der Waals surface area contributed by atoms with E-state index in [2.05, 4.69) is 20.9 Å². The summed E-state index contributed by atoms with van der Waals surface area (Å²) in [5, 5.41) is 2.05. The van der Waals surface area contributed by atoms with Crippen LogP contribution >= 0.6 is 27.7 Å². The van der Waals surface area contributed by atoms with E-state index in [0.29, 0.717) is 5.84 Å². The van der Waals surface area contributed by atoms with Crippen molar-refractivity contribution in [2.75, 3.05) is 0 Å². The maximum Gasteiger partial charge on any atom is 0.120 e. The van der Waals surface area contributed by atoms with Gasteiger partial charge in [0, 0.05) is 9.39 Å². The van der Waals surface area contributed by atoms with E-state index in [1.807, 2.05) is 11.5 Å². The molecule has 0 aromatic carbocycles. The number of rotatable bonds is 0. The van der Waals surface area contributed by atoms with Crippen LogP contribution in [0.1, 0.15) is 0 Å². The first-order chi connectivity index (χ1) is 4.77. The van der Waals surface area contributed by atoms with Crippen LogP contribution in [0.5, 0.6) is 0 Å². The van der Waals surface area contributed by atoms with Crippen molar-refractivity contribution in [1.82, 2.24) is 0 Å². The van der Waals surface area contributed by atoms with Gasteiger partial charge in [0.25, 0.3) is 0 Å². The summed E-state index contributed by atoms with van der Waals surface area (Å²) in [4.78, 5) is 5.42. The van der Waals surface area contributed by atoms with Gasteiger partial charge >= 0.3 is 0 Å². The normalized spacial score (nSPS) is 29.3. The van der Waals surface area contributed by atoms with Crippen LogP contribution in [0, 0.1) is 0 Å². The molecule has 2 N–H and O–H groups in total. The summed E-state index contributed by atoms with van der Waals surface area (Å²) < 4.78 is 1.12. The van der Waals surface area contributed by atoms with Gasteiger partial charge in [-0.15, -0.1) is 0 Å². The predicted octanol–water partition coefficient (Wildman–Crippen LogP) is 1.59. The Labute approximate surface area is 71.4 Å². The van der Waals surface area contributed by atoms with Crippen LogP contribution in [0.4, 0.5) is 0 Å². The molecular formula is C6H5BrN2S. The number of amidine groups is 1. The highest BCUT2D eigenvalue weighted by atomic mass is 79.9. The van der Waals surface area contributed by atoms with Crippen molar-refractivity contribution in [3.8, 4) is 0 Å². The predicted molar refractivity (Wildman–Crippen MR) is 48.1 cm³/mol. The Balaban J connectivity index is 2.38. The van der Waals surface area contributed by atoms with Crippen LogP contribution < -0.4 is 5.73 Å². The molecule has 0 saturated heterocycles. The van der Waals surface area contributed by atoms with Crippen LogP contribution in [0.3, 0.4) is 0 Å². The van der Waals surface area contributed by atoms with Gasteiger partial charge in [0.2, 0.25) is 0 Å². The molecule has 0 spiro atoms. The highest BCUT2D eigenvalue weighted by Gasteiger charge is 2.26. The van der Waals surface area contributed by atoms with Crippen molar-refractivity contribution in [3.05, 3.63) is 20.9 Å². The first-order valence-corrected chi connectivity index (χ1v) is 4.52. The standard InChI is InChI=1S/C6H5BrN2S/c7-3-2-10-4-1-5(8)9-6(3)4/h1-2,6H,(H2,8,9). The van der Waals surface area contributed by atoms with Gasteiger partial charge in [0.05, 0.1) is 0 Å². The van der Waals surface area contributed by atoms with Crippen LogP contribution in [0.25, 0.3) is 0 Å². The molecule has 0 amide bonds. The van der Waals surface area contributed by atoms with Crippen molar-refractivity contribution in [2.45, 2.75) is 6.04 Å². The summed E-state index contributed by atoms with van der Waals surface area (Å²) >= 11 is 5.09. The van der Waals surface area contributed by atoms with E-state index < -0.39 is 0 Å². The maximum absolute atomic E-state index is 5.50. The fourth-order valence-electron chi connectivity index (χ4n) is 0.959. The molecule has 2 nitrogen and oxygen atoms in total. The van der Waals surface area contributed by atoms with Gasteiger partial charge in [0.1, 0.15) is 11.9 Å². The van der Waals surface area contributed by atoms with E-state index in [0.717, 1.165) is 4.48 Å².